The van der Waals surface area contributed by atoms with Crippen molar-refractivity contribution in [3.8, 4) is 11.5 Å². The van der Waals surface area contributed by atoms with Crippen molar-refractivity contribution < 1.29 is 19.3 Å². The summed E-state index contributed by atoms with van der Waals surface area (Å²) in [7, 11) is 1.62. The summed E-state index contributed by atoms with van der Waals surface area (Å²) in [5.41, 5.74) is 0.807. The molecule has 0 spiro atoms. The van der Waals surface area contributed by atoms with Crippen molar-refractivity contribution in [2.24, 2.45) is 0 Å². The Kier molecular flexibility index (Phi) is 3.37. The molecule has 2 heterocycles. The normalized spacial score (nSPS) is 33.6. The summed E-state index contributed by atoms with van der Waals surface area (Å²) in [6, 6.07) is 5.56. The van der Waals surface area contributed by atoms with Crippen molar-refractivity contribution in [2.75, 3.05) is 7.11 Å². The summed E-state index contributed by atoms with van der Waals surface area (Å²) < 4.78 is 17.0. The average molecular weight is 264 g/mol. The number of aliphatic hydroxyl groups is 1. The lowest BCUT2D eigenvalue weighted by atomic mass is 9.95. The second-order valence-electron chi connectivity index (χ2n) is 5.37. The van der Waals surface area contributed by atoms with E-state index in [4.69, 9.17) is 14.2 Å². The van der Waals surface area contributed by atoms with Crippen LogP contribution in [0.1, 0.15) is 37.9 Å². The van der Waals surface area contributed by atoms with Gasteiger partial charge in [0.2, 0.25) is 0 Å². The van der Waals surface area contributed by atoms with E-state index in [0.717, 1.165) is 29.9 Å². The van der Waals surface area contributed by atoms with Gasteiger partial charge in [-0.25, -0.2) is 0 Å². The Morgan fingerprint density at radius 1 is 1.26 bits per heavy atom. The highest BCUT2D eigenvalue weighted by atomic mass is 16.6. The standard InChI is InChI=1S/C15H20O4/c1-9-3-5-14(18-9)15-8-12(16)11-7-10(17-2)4-6-13(11)19-15/h4,6-7,9,12,14-16H,3,5,8H2,1-2H3/t9?,12-,14?,15?/m0/s1. The molecular formula is C15H20O4. The van der Waals surface area contributed by atoms with Gasteiger partial charge >= 0.3 is 0 Å². The maximum atomic E-state index is 10.3. The molecule has 0 saturated carbocycles. The van der Waals surface area contributed by atoms with Crippen LogP contribution in [0.25, 0.3) is 0 Å². The Bertz CT molecular complexity index is 459. The number of methoxy groups -OCH3 is 1. The molecule has 3 rings (SSSR count). The molecule has 1 aromatic rings. The largest absolute Gasteiger partial charge is 0.497 e. The van der Waals surface area contributed by atoms with Crippen LogP contribution < -0.4 is 9.47 Å². The predicted octanol–water partition coefficient (Wildman–Crippen LogP) is 2.45. The van der Waals surface area contributed by atoms with Crippen LogP contribution in [0.2, 0.25) is 0 Å². The van der Waals surface area contributed by atoms with Crippen LogP contribution in [-0.4, -0.2) is 30.5 Å². The summed E-state index contributed by atoms with van der Waals surface area (Å²) >= 11 is 0. The zero-order valence-corrected chi connectivity index (χ0v) is 11.3. The Morgan fingerprint density at radius 2 is 2.11 bits per heavy atom. The van der Waals surface area contributed by atoms with Gasteiger partial charge in [0.25, 0.3) is 0 Å². The summed E-state index contributed by atoms with van der Waals surface area (Å²) in [6.45, 7) is 2.08. The minimum absolute atomic E-state index is 0.0548. The molecule has 3 unspecified atom stereocenters. The summed E-state index contributed by atoms with van der Waals surface area (Å²) in [5.74, 6) is 1.48. The van der Waals surface area contributed by atoms with Gasteiger partial charge in [-0.1, -0.05) is 0 Å². The predicted molar refractivity (Wildman–Crippen MR) is 70.6 cm³/mol. The van der Waals surface area contributed by atoms with Crippen molar-refractivity contribution in [3.05, 3.63) is 23.8 Å². The van der Waals surface area contributed by atoms with E-state index >= 15 is 0 Å². The van der Waals surface area contributed by atoms with Crippen LogP contribution in [0.15, 0.2) is 18.2 Å². The van der Waals surface area contributed by atoms with E-state index < -0.39 is 6.10 Å². The van der Waals surface area contributed by atoms with Crippen LogP contribution in [0, 0.1) is 0 Å². The van der Waals surface area contributed by atoms with Gasteiger partial charge in [-0.3, -0.25) is 0 Å². The fourth-order valence-corrected chi connectivity index (χ4v) is 2.91. The van der Waals surface area contributed by atoms with Crippen LogP contribution >= 0.6 is 0 Å². The third-order valence-corrected chi connectivity index (χ3v) is 3.99. The topological polar surface area (TPSA) is 47.9 Å². The zero-order chi connectivity index (χ0) is 13.4. The van der Waals surface area contributed by atoms with Gasteiger partial charge in [-0.05, 0) is 38.0 Å². The molecule has 0 aromatic heterocycles. The van der Waals surface area contributed by atoms with E-state index in [0.29, 0.717) is 12.5 Å². The molecular weight excluding hydrogens is 244 g/mol. The smallest absolute Gasteiger partial charge is 0.128 e. The zero-order valence-electron chi connectivity index (χ0n) is 11.3. The SMILES string of the molecule is COc1ccc2c(c1)[C@@H](O)CC(C1CCC(C)O1)O2. The molecule has 104 valence electrons. The van der Waals surface area contributed by atoms with E-state index in [1.807, 2.05) is 18.2 Å². The highest BCUT2D eigenvalue weighted by Gasteiger charge is 2.36. The summed E-state index contributed by atoms with van der Waals surface area (Å²) in [4.78, 5) is 0. The number of fused-ring (bicyclic) bond motifs is 1. The summed E-state index contributed by atoms with van der Waals surface area (Å²) in [5, 5.41) is 10.3. The number of benzene rings is 1. The van der Waals surface area contributed by atoms with E-state index in [2.05, 4.69) is 6.92 Å². The molecule has 4 heteroatoms. The molecule has 2 aliphatic heterocycles. The van der Waals surface area contributed by atoms with Gasteiger partial charge in [-0.15, -0.1) is 0 Å². The highest BCUT2D eigenvalue weighted by Crippen LogP contribution is 2.39. The minimum atomic E-state index is -0.511. The lowest BCUT2D eigenvalue weighted by molar-refractivity contribution is -0.0466. The third kappa shape index (κ3) is 2.42. The van der Waals surface area contributed by atoms with Gasteiger partial charge < -0.3 is 19.3 Å². The maximum absolute atomic E-state index is 10.3. The van der Waals surface area contributed by atoms with E-state index in [1.165, 1.54) is 0 Å². The molecule has 1 aromatic carbocycles. The van der Waals surface area contributed by atoms with Crippen LogP contribution in [0.5, 0.6) is 11.5 Å². The molecule has 4 nitrogen and oxygen atoms in total. The molecule has 0 radical (unpaired) electrons. The highest BCUT2D eigenvalue weighted by molar-refractivity contribution is 5.43. The number of hydrogen-bond acceptors (Lipinski definition) is 4. The Balaban J connectivity index is 1.80. The minimum Gasteiger partial charge on any atom is -0.497 e. The fraction of sp³-hybridized carbons (Fsp3) is 0.600. The quantitative estimate of drug-likeness (QED) is 0.891. The number of hydrogen-bond donors (Lipinski definition) is 1. The van der Waals surface area contributed by atoms with Gasteiger partial charge in [-0.2, -0.15) is 0 Å². The first kappa shape index (κ1) is 12.8. The molecule has 0 bridgehead atoms. The Morgan fingerprint density at radius 3 is 2.79 bits per heavy atom. The van der Waals surface area contributed by atoms with Crippen molar-refractivity contribution in [2.45, 2.75) is 50.6 Å². The van der Waals surface area contributed by atoms with Gasteiger partial charge in [0.05, 0.1) is 25.4 Å². The maximum Gasteiger partial charge on any atom is 0.128 e. The second-order valence-corrected chi connectivity index (χ2v) is 5.37. The number of aliphatic hydroxyl groups excluding tert-OH is 1. The van der Waals surface area contributed by atoms with Crippen molar-refractivity contribution in [1.29, 1.82) is 0 Å². The Hall–Kier alpha value is -1.26. The van der Waals surface area contributed by atoms with E-state index in [1.54, 1.807) is 7.11 Å². The Labute approximate surface area is 113 Å². The monoisotopic (exact) mass is 264 g/mol. The van der Waals surface area contributed by atoms with Gasteiger partial charge in [0.15, 0.2) is 0 Å². The summed E-state index contributed by atoms with van der Waals surface area (Å²) in [6.07, 6.45) is 2.48. The average Bonchev–Trinajstić information content (AvgIpc) is 2.85. The van der Waals surface area contributed by atoms with E-state index in [-0.39, 0.29) is 12.2 Å². The molecule has 19 heavy (non-hydrogen) atoms. The first-order chi connectivity index (χ1) is 9.17. The molecule has 0 amide bonds. The van der Waals surface area contributed by atoms with Gasteiger partial charge in [0.1, 0.15) is 17.6 Å². The lowest BCUT2D eigenvalue weighted by Crippen LogP contribution is -2.36. The van der Waals surface area contributed by atoms with Crippen LogP contribution in [0.4, 0.5) is 0 Å². The number of rotatable bonds is 2. The van der Waals surface area contributed by atoms with Crippen molar-refractivity contribution in [1.82, 2.24) is 0 Å². The molecule has 1 saturated heterocycles. The van der Waals surface area contributed by atoms with Crippen LogP contribution in [0.3, 0.4) is 0 Å². The molecule has 0 aliphatic carbocycles. The van der Waals surface area contributed by atoms with Crippen molar-refractivity contribution in [3.63, 3.8) is 0 Å². The molecule has 1 N–H and O–H groups in total. The number of ether oxygens (including phenoxy) is 3. The van der Waals surface area contributed by atoms with Gasteiger partial charge in [0, 0.05) is 12.0 Å². The van der Waals surface area contributed by atoms with Crippen molar-refractivity contribution >= 4 is 0 Å². The van der Waals surface area contributed by atoms with Crippen LogP contribution in [-0.2, 0) is 4.74 Å². The molecule has 1 fully saturated rings. The molecule has 2 aliphatic rings. The first-order valence-electron chi connectivity index (χ1n) is 6.85. The molecule has 4 atom stereocenters. The lowest BCUT2D eigenvalue weighted by Gasteiger charge is -2.33. The second kappa shape index (κ2) is 5.02. The third-order valence-electron chi connectivity index (χ3n) is 3.99. The van der Waals surface area contributed by atoms with E-state index in [9.17, 15) is 5.11 Å². The first-order valence-corrected chi connectivity index (χ1v) is 6.85. The fourth-order valence-electron chi connectivity index (χ4n) is 2.91.